The molecule has 2 rings (SSSR count). The van der Waals surface area contributed by atoms with Crippen LogP contribution in [0.1, 0.15) is 36.0 Å². The van der Waals surface area contributed by atoms with Crippen molar-refractivity contribution in [1.29, 1.82) is 0 Å². The zero-order chi connectivity index (χ0) is 13.0. The number of carbonyl (C=O) groups is 1. The molecule has 1 aliphatic rings. The van der Waals surface area contributed by atoms with Gasteiger partial charge in [0.05, 0.1) is 11.7 Å². The van der Waals surface area contributed by atoms with Crippen LogP contribution >= 0.6 is 0 Å². The van der Waals surface area contributed by atoms with Crippen molar-refractivity contribution in [1.82, 2.24) is 5.32 Å². The van der Waals surface area contributed by atoms with Gasteiger partial charge in [-0.15, -0.1) is 0 Å². The van der Waals surface area contributed by atoms with Crippen molar-refractivity contribution in [2.75, 3.05) is 12.4 Å². The van der Waals surface area contributed by atoms with E-state index in [9.17, 15) is 9.90 Å². The van der Waals surface area contributed by atoms with E-state index in [0.29, 0.717) is 12.0 Å². The van der Waals surface area contributed by atoms with E-state index in [1.54, 1.807) is 13.1 Å². The van der Waals surface area contributed by atoms with Crippen molar-refractivity contribution in [3.8, 4) is 0 Å². The number of benzene rings is 1. The molecule has 0 aromatic heterocycles. The van der Waals surface area contributed by atoms with Gasteiger partial charge in [-0.1, -0.05) is 12.1 Å². The summed E-state index contributed by atoms with van der Waals surface area (Å²) in [7, 11) is 1.80. The van der Waals surface area contributed by atoms with Crippen LogP contribution in [0.3, 0.4) is 0 Å². The van der Waals surface area contributed by atoms with Gasteiger partial charge in [-0.3, -0.25) is 4.79 Å². The van der Waals surface area contributed by atoms with Crippen molar-refractivity contribution in [2.24, 2.45) is 0 Å². The quantitative estimate of drug-likeness (QED) is 0.764. The normalized spacial score (nSPS) is 23.4. The first-order valence-corrected chi connectivity index (χ1v) is 6.46. The molecule has 0 saturated heterocycles. The number of hydrogen-bond donors (Lipinski definition) is 3. The molecule has 1 saturated carbocycles. The topological polar surface area (TPSA) is 61.4 Å². The van der Waals surface area contributed by atoms with E-state index in [0.717, 1.165) is 24.9 Å². The lowest BCUT2D eigenvalue weighted by molar-refractivity contribution is 0.0850. The van der Waals surface area contributed by atoms with E-state index < -0.39 is 0 Å². The fourth-order valence-electron chi connectivity index (χ4n) is 2.46. The summed E-state index contributed by atoms with van der Waals surface area (Å²) in [6.45, 7) is 0. The fourth-order valence-corrected chi connectivity index (χ4v) is 2.46. The third-order valence-corrected chi connectivity index (χ3v) is 3.42. The zero-order valence-electron chi connectivity index (χ0n) is 10.6. The second kappa shape index (κ2) is 5.87. The second-order valence-electron chi connectivity index (χ2n) is 4.79. The molecule has 1 aromatic carbocycles. The number of aliphatic hydroxyl groups excluding tert-OH is 1. The fraction of sp³-hybridized carbons (Fsp3) is 0.500. The van der Waals surface area contributed by atoms with Crippen LogP contribution in [0.25, 0.3) is 0 Å². The molecule has 0 radical (unpaired) electrons. The molecule has 2 atom stereocenters. The van der Waals surface area contributed by atoms with E-state index in [-0.39, 0.29) is 18.1 Å². The average molecular weight is 248 g/mol. The lowest BCUT2D eigenvalue weighted by atomic mass is 9.93. The molecular formula is C14H20N2O2. The van der Waals surface area contributed by atoms with E-state index in [4.69, 9.17) is 0 Å². The maximum atomic E-state index is 12.2. The van der Waals surface area contributed by atoms with Crippen LogP contribution < -0.4 is 10.6 Å². The lowest BCUT2D eigenvalue weighted by Gasteiger charge is -2.26. The Morgan fingerprint density at radius 3 is 2.83 bits per heavy atom. The third-order valence-electron chi connectivity index (χ3n) is 3.42. The van der Waals surface area contributed by atoms with Gasteiger partial charge < -0.3 is 15.7 Å². The van der Waals surface area contributed by atoms with Crippen LogP contribution in [0, 0.1) is 0 Å². The Labute approximate surface area is 107 Å². The molecule has 1 fully saturated rings. The second-order valence-corrected chi connectivity index (χ2v) is 4.79. The summed E-state index contributed by atoms with van der Waals surface area (Å²) in [4.78, 5) is 12.2. The third kappa shape index (κ3) is 3.01. The minimum absolute atomic E-state index is 0.0703. The average Bonchev–Trinajstić information content (AvgIpc) is 2.38. The highest BCUT2D eigenvalue weighted by Gasteiger charge is 2.22. The van der Waals surface area contributed by atoms with Gasteiger partial charge in [0.2, 0.25) is 0 Å². The van der Waals surface area contributed by atoms with Crippen LogP contribution in [-0.4, -0.2) is 30.2 Å². The first-order chi connectivity index (χ1) is 8.70. The maximum Gasteiger partial charge on any atom is 0.253 e. The van der Waals surface area contributed by atoms with E-state index in [1.165, 1.54) is 0 Å². The monoisotopic (exact) mass is 248 g/mol. The summed E-state index contributed by atoms with van der Waals surface area (Å²) < 4.78 is 0. The predicted molar refractivity (Wildman–Crippen MR) is 71.7 cm³/mol. The summed E-state index contributed by atoms with van der Waals surface area (Å²) in [5.41, 5.74) is 1.48. The number of para-hydroxylation sites is 1. The minimum atomic E-state index is -0.274. The first-order valence-electron chi connectivity index (χ1n) is 6.46. The van der Waals surface area contributed by atoms with Crippen molar-refractivity contribution < 1.29 is 9.90 Å². The van der Waals surface area contributed by atoms with Crippen LogP contribution in [0.5, 0.6) is 0 Å². The highest BCUT2D eigenvalue weighted by Crippen LogP contribution is 2.20. The van der Waals surface area contributed by atoms with Crippen molar-refractivity contribution >= 4 is 11.6 Å². The molecule has 0 heterocycles. The lowest BCUT2D eigenvalue weighted by Crippen LogP contribution is -2.39. The summed E-state index contributed by atoms with van der Waals surface area (Å²) in [6, 6.07) is 7.52. The molecular weight excluding hydrogens is 228 g/mol. The first kappa shape index (κ1) is 12.9. The van der Waals surface area contributed by atoms with Gasteiger partial charge in [-0.25, -0.2) is 0 Å². The van der Waals surface area contributed by atoms with Crippen LogP contribution in [-0.2, 0) is 0 Å². The van der Waals surface area contributed by atoms with Crippen molar-refractivity contribution in [2.45, 2.75) is 37.8 Å². The molecule has 0 spiro atoms. The smallest absolute Gasteiger partial charge is 0.253 e. The molecule has 18 heavy (non-hydrogen) atoms. The number of nitrogens with one attached hydrogen (secondary N) is 2. The molecule has 3 N–H and O–H groups in total. The molecule has 4 heteroatoms. The molecule has 1 aliphatic carbocycles. The van der Waals surface area contributed by atoms with E-state index in [2.05, 4.69) is 10.6 Å². The molecule has 0 bridgehead atoms. The molecule has 0 aliphatic heterocycles. The molecule has 2 unspecified atom stereocenters. The highest BCUT2D eigenvalue weighted by molar-refractivity contribution is 5.99. The molecule has 1 aromatic rings. The SMILES string of the molecule is CNc1ccccc1C(=O)NC1CCCC(O)C1. The molecule has 1 amide bonds. The van der Waals surface area contributed by atoms with Crippen LogP contribution in [0.4, 0.5) is 5.69 Å². The number of anilines is 1. The summed E-state index contributed by atoms with van der Waals surface area (Å²) in [5, 5.41) is 15.6. The number of rotatable bonds is 3. The maximum absolute atomic E-state index is 12.2. The molecule has 4 nitrogen and oxygen atoms in total. The highest BCUT2D eigenvalue weighted by atomic mass is 16.3. The van der Waals surface area contributed by atoms with Gasteiger partial charge >= 0.3 is 0 Å². The van der Waals surface area contributed by atoms with Gasteiger partial charge in [0.25, 0.3) is 5.91 Å². The van der Waals surface area contributed by atoms with Crippen molar-refractivity contribution in [3.05, 3.63) is 29.8 Å². The number of amides is 1. The summed E-state index contributed by atoms with van der Waals surface area (Å²) >= 11 is 0. The Kier molecular flexibility index (Phi) is 4.20. The van der Waals surface area contributed by atoms with Gasteiger partial charge in [-0.05, 0) is 37.8 Å². The van der Waals surface area contributed by atoms with Gasteiger partial charge in [0, 0.05) is 18.8 Å². The predicted octanol–water partition coefficient (Wildman–Crippen LogP) is 1.76. The Balaban J connectivity index is 2.03. The minimum Gasteiger partial charge on any atom is -0.393 e. The van der Waals surface area contributed by atoms with Gasteiger partial charge in [0.1, 0.15) is 0 Å². The van der Waals surface area contributed by atoms with Crippen LogP contribution in [0.2, 0.25) is 0 Å². The summed E-state index contributed by atoms with van der Waals surface area (Å²) in [6.07, 6.45) is 3.15. The number of aliphatic hydroxyl groups is 1. The Morgan fingerprint density at radius 2 is 2.11 bits per heavy atom. The van der Waals surface area contributed by atoms with Gasteiger partial charge in [0.15, 0.2) is 0 Å². The number of carbonyl (C=O) groups excluding carboxylic acids is 1. The standard InChI is InChI=1S/C14H20N2O2/c1-15-13-8-3-2-7-12(13)14(18)16-10-5-4-6-11(17)9-10/h2-3,7-8,10-11,15,17H,4-6,9H2,1H3,(H,16,18). The Morgan fingerprint density at radius 1 is 1.33 bits per heavy atom. The van der Waals surface area contributed by atoms with Gasteiger partial charge in [-0.2, -0.15) is 0 Å². The Hall–Kier alpha value is -1.55. The molecule has 98 valence electrons. The van der Waals surface area contributed by atoms with E-state index >= 15 is 0 Å². The largest absolute Gasteiger partial charge is 0.393 e. The zero-order valence-corrected chi connectivity index (χ0v) is 10.6. The van der Waals surface area contributed by atoms with Crippen LogP contribution in [0.15, 0.2) is 24.3 Å². The number of hydrogen-bond acceptors (Lipinski definition) is 3. The summed E-state index contributed by atoms with van der Waals surface area (Å²) in [5.74, 6) is -0.0703. The van der Waals surface area contributed by atoms with Crippen molar-refractivity contribution in [3.63, 3.8) is 0 Å². The van der Waals surface area contributed by atoms with E-state index in [1.807, 2.05) is 18.2 Å². The Bertz CT molecular complexity index is 420.